The van der Waals surface area contributed by atoms with Crippen LogP contribution in [0.4, 0.5) is 0 Å². The van der Waals surface area contributed by atoms with Crippen LogP contribution in [-0.2, 0) is 0 Å². The summed E-state index contributed by atoms with van der Waals surface area (Å²) in [4.78, 5) is 17.5. The standard InChI is InChI=1S/C19H21N5O2S/c1-12-8-14(22-19(25)17-9-18(26-23-17)13-2-3-13)6-7-24(12)27-16-5-4-15(10-20)21-11-16/h4-5,9,11-14H,2-3,6-8H2,1H3,(H,22,25). The second-order valence-electron chi connectivity index (χ2n) is 7.16. The summed E-state index contributed by atoms with van der Waals surface area (Å²) in [7, 11) is 0. The second kappa shape index (κ2) is 7.71. The molecule has 0 spiro atoms. The molecule has 1 N–H and O–H groups in total. The Bertz CT molecular complexity index is 856. The first kappa shape index (κ1) is 18.0. The van der Waals surface area contributed by atoms with Crippen LogP contribution in [0.1, 0.15) is 60.5 Å². The molecular formula is C19H21N5O2S. The van der Waals surface area contributed by atoms with Crippen LogP contribution in [0.25, 0.3) is 0 Å². The summed E-state index contributed by atoms with van der Waals surface area (Å²) in [6.07, 6.45) is 5.72. The molecule has 0 radical (unpaired) electrons. The van der Waals surface area contributed by atoms with Crippen LogP contribution in [0.2, 0.25) is 0 Å². The number of aromatic nitrogens is 2. The molecule has 2 atom stereocenters. The van der Waals surface area contributed by atoms with Gasteiger partial charge in [0.05, 0.1) is 0 Å². The Labute approximate surface area is 162 Å². The zero-order chi connectivity index (χ0) is 18.8. The van der Waals surface area contributed by atoms with E-state index in [4.69, 9.17) is 9.78 Å². The molecule has 1 saturated heterocycles. The summed E-state index contributed by atoms with van der Waals surface area (Å²) in [5, 5.41) is 15.8. The average molecular weight is 383 g/mol. The highest BCUT2D eigenvalue weighted by atomic mass is 32.2. The molecule has 0 bridgehead atoms. The van der Waals surface area contributed by atoms with E-state index in [0.717, 1.165) is 42.9 Å². The van der Waals surface area contributed by atoms with Crippen LogP contribution in [0.3, 0.4) is 0 Å². The first-order chi connectivity index (χ1) is 13.1. The Morgan fingerprint density at radius 2 is 2.26 bits per heavy atom. The quantitative estimate of drug-likeness (QED) is 0.793. The third kappa shape index (κ3) is 4.31. The zero-order valence-electron chi connectivity index (χ0n) is 15.1. The molecule has 7 nitrogen and oxygen atoms in total. The lowest BCUT2D eigenvalue weighted by atomic mass is 10.0. The van der Waals surface area contributed by atoms with E-state index in [-0.39, 0.29) is 11.9 Å². The maximum absolute atomic E-state index is 12.4. The van der Waals surface area contributed by atoms with Crippen molar-refractivity contribution in [2.24, 2.45) is 0 Å². The number of hydrogen-bond donors (Lipinski definition) is 1. The van der Waals surface area contributed by atoms with Gasteiger partial charge in [0.15, 0.2) is 5.69 Å². The number of nitrogens with one attached hydrogen (secondary N) is 1. The summed E-state index contributed by atoms with van der Waals surface area (Å²) in [5.74, 6) is 1.13. The summed E-state index contributed by atoms with van der Waals surface area (Å²) in [6.45, 7) is 3.02. The molecular weight excluding hydrogens is 362 g/mol. The summed E-state index contributed by atoms with van der Waals surface area (Å²) >= 11 is 1.64. The van der Waals surface area contributed by atoms with E-state index in [1.54, 1.807) is 30.3 Å². The minimum Gasteiger partial charge on any atom is -0.360 e. The molecule has 1 aliphatic heterocycles. The van der Waals surface area contributed by atoms with Gasteiger partial charge in [0, 0.05) is 41.7 Å². The lowest BCUT2D eigenvalue weighted by Crippen LogP contribution is -2.46. The number of amides is 1. The van der Waals surface area contributed by atoms with Crippen molar-refractivity contribution in [1.29, 1.82) is 5.26 Å². The maximum atomic E-state index is 12.4. The molecule has 2 aromatic heterocycles. The van der Waals surface area contributed by atoms with E-state index in [1.807, 2.05) is 12.1 Å². The van der Waals surface area contributed by atoms with Crippen molar-refractivity contribution in [1.82, 2.24) is 19.8 Å². The highest BCUT2D eigenvalue weighted by Gasteiger charge is 2.31. The van der Waals surface area contributed by atoms with Crippen molar-refractivity contribution in [3.8, 4) is 6.07 Å². The fraction of sp³-hybridized carbons (Fsp3) is 0.474. The Hall–Kier alpha value is -2.37. The molecule has 8 heteroatoms. The third-order valence-electron chi connectivity index (χ3n) is 4.96. The van der Waals surface area contributed by atoms with Gasteiger partial charge in [0.1, 0.15) is 17.5 Å². The Morgan fingerprint density at radius 1 is 1.41 bits per heavy atom. The third-order valence-corrected chi connectivity index (χ3v) is 6.19. The van der Waals surface area contributed by atoms with E-state index in [9.17, 15) is 4.79 Å². The smallest absolute Gasteiger partial charge is 0.273 e. The minimum absolute atomic E-state index is 0.129. The molecule has 2 fully saturated rings. The highest BCUT2D eigenvalue weighted by Crippen LogP contribution is 2.40. The van der Waals surface area contributed by atoms with Gasteiger partial charge in [-0.2, -0.15) is 5.26 Å². The van der Waals surface area contributed by atoms with E-state index in [1.165, 1.54) is 0 Å². The van der Waals surface area contributed by atoms with Crippen molar-refractivity contribution in [2.45, 2.75) is 55.5 Å². The van der Waals surface area contributed by atoms with Gasteiger partial charge >= 0.3 is 0 Å². The minimum atomic E-state index is -0.153. The van der Waals surface area contributed by atoms with E-state index < -0.39 is 0 Å². The zero-order valence-corrected chi connectivity index (χ0v) is 15.9. The molecule has 4 rings (SSSR count). The van der Waals surface area contributed by atoms with Crippen LogP contribution >= 0.6 is 11.9 Å². The van der Waals surface area contributed by atoms with E-state index in [0.29, 0.717) is 23.3 Å². The predicted octanol–water partition coefficient (Wildman–Crippen LogP) is 3.11. The van der Waals surface area contributed by atoms with Gasteiger partial charge in [0.2, 0.25) is 0 Å². The average Bonchev–Trinajstić information content (AvgIpc) is 3.41. The molecule has 1 aliphatic carbocycles. The number of hydrogen-bond acceptors (Lipinski definition) is 7. The Morgan fingerprint density at radius 3 is 2.93 bits per heavy atom. The van der Waals surface area contributed by atoms with Gasteiger partial charge in [-0.15, -0.1) is 0 Å². The SMILES string of the molecule is CC1CC(NC(=O)c2cc(C3CC3)on2)CCN1Sc1ccc(C#N)nc1. The number of piperidine rings is 1. The first-order valence-electron chi connectivity index (χ1n) is 9.20. The summed E-state index contributed by atoms with van der Waals surface area (Å²) in [6, 6.07) is 7.89. The molecule has 2 aromatic rings. The molecule has 1 amide bonds. The number of nitrogens with zero attached hydrogens (tertiary/aromatic N) is 4. The number of carbonyl (C=O) groups is 1. The molecule has 1 saturated carbocycles. The van der Waals surface area contributed by atoms with Crippen molar-refractivity contribution >= 4 is 17.9 Å². The topological polar surface area (TPSA) is 95.0 Å². The van der Waals surface area contributed by atoms with Crippen molar-refractivity contribution in [3.05, 3.63) is 41.5 Å². The van der Waals surface area contributed by atoms with Crippen LogP contribution in [0, 0.1) is 11.3 Å². The van der Waals surface area contributed by atoms with Crippen molar-refractivity contribution in [2.75, 3.05) is 6.54 Å². The lowest BCUT2D eigenvalue weighted by molar-refractivity contribution is 0.0906. The summed E-state index contributed by atoms with van der Waals surface area (Å²) < 4.78 is 7.57. The molecule has 0 aromatic carbocycles. The van der Waals surface area contributed by atoms with Crippen LogP contribution in [0.15, 0.2) is 33.8 Å². The molecule has 27 heavy (non-hydrogen) atoms. The van der Waals surface area contributed by atoms with E-state index in [2.05, 4.69) is 26.7 Å². The van der Waals surface area contributed by atoms with Gasteiger partial charge < -0.3 is 9.84 Å². The first-order valence-corrected chi connectivity index (χ1v) is 9.98. The molecule has 140 valence electrons. The lowest BCUT2D eigenvalue weighted by Gasteiger charge is -2.36. The Kier molecular flexibility index (Phi) is 5.14. The van der Waals surface area contributed by atoms with Gasteiger partial charge in [-0.1, -0.05) is 5.16 Å². The molecule has 3 heterocycles. The Balaban J connectivity index is 1.29. The van der Waals surface area contributed by atoms with Crippen LogP contribution in [0.5, 0.6) is 0 Å². The summed E-state index contributed by atoms with van der Waals surface area (Å²) in [5.41, 5.74) is 0.802. The monoisotopic (exact) mass is 383 g/mol. The predicted molar refractivity (Wildman–Crippen MR) is 99.9 cm³/mol. The molecule has 2 unspecified atom stereocenters. The van der Waals surface area contributed by atoms with Gasteiger partial charge in [-0.25, -0.2) is 9.29 Å². The van der Waals surface area contributed by atoms with Gasteiger partial charge in [0.25, 0.3) is 5.91 Å². The fourth-order valence-corrected chi connectivity index (χ4v) is 4.23. The molecule has 2 aliphatic rings. The number of pyridine rings is 1. The van der Waals surface area contributed by atoms with Gasteiger partial charge in [-0.3, -0.25) is 4.79 Å². The van der Waals surface area contributed by atoms with Gasteiger partial charge in [-0.05, 0) is 56.7 Å². The normalized spacial score (nSPS) is 23.0. The number of nitriles is 1. The van der Waals surface area contributed by atoms with Crippen LogP contribution in [-0.4, -0.2) is 39.0 Å². The van der Waals surface area contributed by atoms with Crippen molar-refractivity contribution in [3.63, 3.8) is 0 Å². The fourth-order valence-electron chi connectivity index (χ4n) is 3.27. The number of rotatable bonds is 5. The maximum Gasteiger partial charge on any atom is 0.273 e. The van der Waals surface area contributed by atoms with E-state index >= 15 is 0 Å². The van der Waals surface area contributed by atoms with Crippen LogP contribution < -0.4 is 5.32 Å². The highest BCUT2D eigenvalue weighted by molar-refractivity contribution is 7.97. The number of carbonyl (C=O) groups excluding carboxylic acids is 1. The largest absolute Gasteiger partial charge is 0.360 e. The second-order valence-corrected chi connectivity index (χ2v) is 8.28. The van der Waals surface area contributed by atoms with Crippen molar-refractivity contribution < 1.29 is 9.32 Å².